The molecule has 0 spiro atoms. The van der Waals surface area contributed by atoms with Crippen LogP contribution in [0, 0.1) is 23.0 Å². The standard InChI is InChI=1S/C16H13ClF2N2O/c1-16(22,13-5-4-12(18)7-14(13)19)9-21-15-6-11(17)3-2-10(15)8-20/h2-7,21-22H,9H2,1H3. The Morgan fingerprint density at radius 3 is 2.64 bits per heavy atom. The molecule has 1 atom stereocenters. The average molecular weight is 323 g/mol. The van der Waals surface area contributed by atoms with Gasteiger partial charge in [-0.3, -0.25) is 0 Å². The Balaban J connectivity index is 2.23. The molecule has 3 nitrogen and oxygen atoms in total. The lowest BCUT2D eigenvalue weighted by Gasteiger charge is -2.25. The monoisotopic (exact) mass is 322 g/mol. The normalized spacial score (nSPS) is 13.3. The van der Waals surface area contributed by atoms with Gasteiger partial charge in [-0.15, -0.1) is 0 Å². The number of rotatable bonds is 4. The maximum atomic E-state index is 13.8. The van der Waals surface area contributed by atoms with Crippen molar-refractivity contribution in [1.82, 2.24) is 0 Å². The number of hydrogen-bond donors (Lipinski definition) is 2. The molecule has 0 aliphatic rings. The van der Waals surface area contributed by atoms with Crippen LogP contribution in [0.25, 0.3) is 0 Å². The number of nitrogens with zero attached hydrogens (tertiary/aromatic N) is 1. The smallest absolute Gasteiger partial charge is 0.132 e. The molecule has 0 aliphatic heterocycles. The number of benzene rings is 2. The molecule has 0 heterocycles. The maximum absolute atomic E-state index is 13.8. The molecule has 2 aromatic rings. The van der Waals surface area contributed by atoms with E-state index < -0.39 is 17.2 Å². The number of aliphatic hydroxyl groups is 1. The number of halogens is 3. The average Bonchev–Trinajstić information content (AvgIpc) is 2.45. The first-order valence-corrected chi connectivity index (χ1v) is 6.83. The van der Waals surface area contributed by atoms with E-state index in [0.29, 0.717) is 22.3 Å². The first-order valence-electron chi connectivity index (χ1n) is 6.45. The van der Waals surface area contributed by atoms with Crippen LogP contribution in [0.4, 0.5) is 14.5 Å². The summed E-state index contributed by atoms with van der Waals surface area (Å²) >= 11 is 5.87. The molecule has 2 rings (SSSR count). The fourth-order valence-electron chi connectivity index (χ4n) is 2.05. The van der Waals surface area contributed by atoms with Gasteiger partial charge in [-0.2, -0.15) is 5.26 Å². The number of anilines is 1. The Hall–Kier alpha value is -2.16. The Labute approximate surface area is 131 Å². The number of nitriles is 1. The fraction of sp³-hybridized carbons (Fsp3) is 0.188. The first kappa shape index (κ1) is 16.2. The zero-order valence-corrected chi connectivity index (χ0v) is 12.5. The molecule has 0 amide bonds. The lowest BCUT2D eigenvalue weighted by molar-refractivity contribution is 0.0674. The highest BCUT2D eigenvalue weighted by atomic mass is 35.5. The fourth-order valence-corrected chi connectivity index (χ4v) is 2.22. The van der Waals surface area contributed by atoms with Crippen molar-refractivity contribution in [3.63, 3.8) is 0 Å². The summed E-state index contributed by atoms with van der Waals surface area (Å²) in [5, 5.41) is 22.7. The molecule has 0 saturated heterocycles. The van der Waals surface area contributed by atoms with Crippen LogP contribution in [0.15, 0.2) is 36.4 Å². The highest BCUT2D eigenvalue weighted by molar-refractivity contribution is 6.30. The van der Waals surface area contributed by atoms with Crippen LogP contribution in [-0.2, 0) is 5.60 Å². The third-order valence-corrected chi connectivity index (χ3v) is 3.47. The van der Waals surface area contributed by atoms with Gasteiger partial charge in [-0.25, -0.2) is 8.78 Å². The van der Waals surface area contributed by atoms with Crippen molar-refractivity contribution in [3.05, 3.63) is 64.2 Å². The third kappa shape index (κ3) is 3.53. The van der Waals surface area contributed by atoms with E-state index in [0.717, 1.165) is 6.07 Å². The van der Waals surface area contributed by atoms with Crippen LogP contribution in [-0.4, -0.2) is 11.7 Å². The molecule has 0 aliphatic carbocycles. The van der Waals surface area contributed by atoms with Gasteiger partial charge < -0.3 is 10.4 Å². The van der Waals surface area contributed by atoms with Crippen LogP contribution in [0.1, 0.15) is 18.1 Å². The van der Waals surface area contributed by atoms with Gasteiger partial charge in [0.15, 0.2) is 0 Å². The molecule has 2 N–H and O–H groups in total. The van der Waals surface area contributed by atoms with Gasteiger partial charge in [0.1, 0.15) is 23.3 Å². The van der Waals surface area contributed by atoms with Crippen molar-refractivity contribution < 1.29 is 13.9 Å². The second-order valence-electron chi connectivity index (χ2n) is 5.05. The summed E-state index contributed by atoms with van der Waals surface area (Å²) in [7, 11) is 0. The van der Waals surface area contributed by atoms with Gasteiger partial charge >= 0.3 is 0 Å². The maximum Gasteiger partial charge on any atom is 0.132 e. The largest absolute Gasteiger partial charge is 0.383 e. The van der Waals surface area contributed by atoms with Gasteiger partial charge in [-0.05, 0) is 31.2 Å². The number of hydrogen-bond acceptors (Lipinski definition) is 3. The second kappa shape index (κ2) is 6.30. The van der Waals surface area contributed by atoms with E-state index in [1.165, 1.54) is 25.1 Å². The van der Waals surface area contributed by atoms with Crippen molar-refractivity contribution in [2.45, 2.75) is 12.5 Å². The van der Waals surface area contributed by atoms with E-state index in [1.54, 1.807) is 6.07 Å². The predicted molar refractivity (Wildman–Crippen MR) is 80.6 cm³/mol. The van der Waals surface area contributed by atoms with E-state index >= 15 is 0 Å². The first-order chi connectivity index (χ1) is 10.3. The van der Waals surface area contributed by atoms with Gasteiger partial charge in [-0.1, -0.05) is 17.7 Å². The molecule has 2 aromatic carbocycles. The van der Waals surface area contributed by atoms with Crippen LogP contribution in [0.3, 0.4) is 0 Å². The van der Waals surface area contributed by atoms with E-state index in [2.05, 4.69) is 5.32 Å². The molecule has 0 fully saturated rings. The van der Waals surface area contributed by atoms with E-state index in [1.807, 2.05) is 6.07 Å². The molecular formula is C16H13ClF2N2O. The second-order valence-corrected chi connectivity index (χ2v) is 5.49. The molecule has 0 aromatic heterocycles. The Morgan fingerprint density at radius 2 is 2.00 bits per heavy atom. The lowest BCUT2D eigenvalue weighted by Crippen LogP contribution is -2.32. The van der Waals surface area contributed by atoms with Crippen LogP contribution in [0.5, 0.6) is 0 Å². The van der Waals surface area contributed by atoms with Crippen molar-refractivity contribution in [2.75, 3.05) is 11.9 Å². The molecule has 6 heteroatoms. The molecule has 0 saturated carbocycles. The lowest BCUT2D eigenvalue weighted by atomic mass is 9.95. The van der Waals surface area contributed by atoms with Gasteiger partial charge in [0.05, 0.1) is 11.3 Å². The molecule has 0 bridgehead atoms. The minimum Gasteiger partial charge on any atom is -0.383 e. The van der Waals surface area contributed by atoms with Gasteiger partial charge in [0.2, 0.25) is 0 Å². The summed E-state index contributed by atoms with van der Waals surface area (Å²) in [6, 6.07) is 9.62. The van der Waals surface area contributed by atoms with Gasteiger partial charge in [0.25, 0.3) is 0 Å². The molecular weight excluding hydrogens is 310 g/mol. The van der Waals surface area contributed by atoms with Crippen molar-refractivity contribution in [2.24, 2.45) is 0 Å². The molecule has 22 heavy (non-hydrogen) atoms. The Morgan fingerprint density at radius 1 is 1.27 bits per heavy atom. The van der Waals surface area contributed by atoms with Crippen LogP contribution < -0.4 is 5.32 Å². The SMILES string of the molecule is CC(O)(CNc1cc(Cl)ccc1C#N)c1ccc(F)cc1F. The van der Waals surface area contributed by atoms with E-state index in [-0.39, 0.29) is 12.1 Å². The summed E-state index contributed by atoms with van der Waals surface area (Å²) < 4.78 is 26.7. The zero-order valence-electron chi connectivity index (χ0n) is 11.7. The Kier molecular flexibility index (Phi) is 4.65. The summed E-state index contributed by atoms with van der Waals surface area (Å²) in [6.07, 6.45) is 0. The van der Waals surface area contributed by atoms with Crippen molar-refractivity contribution in [3.8, 4) is 6.07 Å². The third-order valence-electron chi connectivity index (χ3n) is 3.24. The molecule has 0 radical (unpaired) electrons. The minimum atomic E-state index is -1.59. The minimum absolute atomic E-state index is 0.0399. The summed E-state index contributed by atoms with van der Waals surface area (Å²) in [4.78, 5) is 0. The Bertz CT molecular complexity index is 741. The van der Waals surface area contributed by atoms with Crippen molar-refractivity contribution in [1.29, 1.82) is 5.26 Å². The zero-order chi connectivity index (χ0) is 16.3. The summed E-state index contributed by atoms with van der Waals surface area (Å²) in [5.74, 6) is -1.55. The van der Waals surface area contributed by atoms with Crippen LogP contribution in [0.2, 0.25) is 5.02 Å². The highest BCUT2D eigenvalue weighted by Crippen LogP contribution is 2.26. The molecule has 1 unspecified atom stereocenters. The number of nitrogens with one attached hydrogen (secondary N) is 1. The van der Waals surface area contributed by atoms with E-state index in [9.17, 15) is 13.9 Å². The van der Waals surface area contributed by atoms with Crippen LogP contribution >= 0.6 is 11.6 Å². The summed E-state index contributed by atoms with van der Waals surface area (Å²) in [5.41, 5.74) is -0.855. The quantitative estimate of drug-likeness (QED) is 0.900. The highest BCUT2D eigenvalue weighted by Gasteiger charge is 2.27. The van der Waals surface area contributed by atoms with E-state index in [4.69, 9.17) is 16.9 Å². The predicted octanol–water partition coefficient (Wildman–Crippen LogP) is 3.81. The van der Waals surface area contributed by atoms with Gasteiger partial charge in [0, 0.05) is 23.2 Å². The molecule has 114 valence electrons. The van der Waals surface area contributed by atoms with Crippen molar-refractivity contribution >= 4 is 17.3 Å². The summed E-state index contributed by atoms with van der Waals surface area (Å²) in [6.45, 7) is 1.32. The topological polar surface area (TPSA) is 56.0 Å².